The Hall–Kier alpha value is -2.11. The van der Waals surface area contributed by atoms with Crippen LogP contribution in [0.1, 0.15) is 16.7 Å². The SMILES string of the molecule is Cc1cccc(CC(=O)N2CCN(c3nc4c(C)c(Cl)ccc4s3)CC2)c1. The lowest BCUT2D eigenvalue weighted by atomic mass is 10.1. The van der Waals surface area contributed by atoms with Gasteiger partial charge in [0.05, 0.1) is 16.6 Å². The van der Waals surface area contributed by atoms with Gasteiger partial charge in [0.2, 0.25) is 5.91 Å². The van der Waals surface area contributed by atoms with Gasteiger partial charge in [-0.2, -0.15) is 0 Å². The van der Waals surface area contributed by atoms with Crippen molar-refractivity contribution in [2.45, 2.75) is 20.3 Å². The summed E-state index contributed by atoms with van der Waals surface area (Å²) >= 11 is 7.91. The molecule has 4 rings (SSSR count). The number of benzene rings is 2. The number of piperazine rings is 1. The van der Waals surface area contributed by atoms with Crippen molar-refractivity contribution in [3.63, 3.8) is 0 Å². The minimum absolute atomic E-state index is 0.201. The highest BCUT2D eigenvalue weighted by Gasteiger charge is 2.23. The first-order valence-corrected chi connectivity index (χ1v) is 10.3. The van der Waals surface area contributed by atoms with Crippen molar-refractivity contribution in [2.24, 2.45) is 0 Å². The summed E-state index contributed by atoms with van der Waals surface area (Å²) in [5.74, 6) is 0.201. The molecule has 140 valence electrons. The second kappa shape index (κ2) is 7.49. The number of nitrogens with zero attached hydrogens (tertiary/aromatic N) is 3. The zero-order valence-electron chi connectivity index (χ0n) is 15.5. The van der Waals surface area contributed by atoms with Gasteiger partial charge < -0.3 is 9.80 Å². The molecule has 0 bridgehead atoms. The average molecular weight is 400 g/mol. The van der Waals surface area contributed by atoms with Gasteiger partial charge in [-0.25, -0.2) is 4.98 Å². The zero-order chi connectivity index (χ0) is 19.0. The Morgan fingerprint density at radius 3 is 2.67 bits per heavy atom. The molecule has 1 amide bonds. The molecule has 0 spiro atoms. The van der Waals surface area contributed by atoms with E-state index in [1.165, 1.54) is 5.56 Å². The molecule has 3 aromatic rings. The molecule has 0 unspecified atom stereocenters. The number of aromatic nitrogens is 1. The first-order chi connectivity index (χ1) is 13.0. The number of hydrogen-bond acceptors (Lipinski definition) is 4. The van der Waals surface area contributed by atoms with E-state index >= 15 is 0 Å². The third-order valence-corrected chi connectivity index (χ3v) is 6.57. The van der Waals surface area contributed by atoms with Crippen molar-refractivity contribution in [2.75, 3.05) is 31.1 Å². The van der Waals surface area contributed by atoms with Crippen LogP contribution in [0.2, 0.25) is 5.02 Å². The van der Waals surface area contributed by atoms with Gasteiger partial charge in [-0.3, -0.25) is 4.79 Å². The summed E-state index contributed by atoms with van der Waals surface area (Å²) in [7, 11) is 0. The van der Waals surface area contributed by atoms with E-state index in [0.29, 0.717) is 6.42 Å². The lowest BCUT2D eigenvalue weighted by Crippen LogP contribution is -2.49. The number of halogens is 1. The molecular formula is C21H22ClN3OS. The van der Waals surface area contributed by atoms with Crippen LogP contribution in [0.4, 0.5) is 5.13 Å². The summed E-state index contributed by atoms with van der Waals surface area (Å²) < 4.78 is 1.16. The largest absolute Gasteiger partial charge is 0.345 e. The first kappa shape index (κ1) is 18.3. The molecule has 4 nitrogen and oxygen atoms in total. The minimum atomic E-state index is 0.201. The number of hydrogen-bond donors (Lipinski definition) is 0. The zero-order valence-corrected chi connectivity index (χ0v) is 17.1. The van der Waals surface area contributed by atoms with Crippen LogP contribution in [0.5, 0.6) is 0 Å². The Labute approximate surface area is 168 Å². The van der Waals surface area contributed by atoms with Crippen LogP contribution in [0, 0.1) is 13.8 Å². The molecule has 0 saturated carbocycles. The first-order valence-electron chi connectivity index (χ1n) is 9.15. The highest BCUT2D eigenvalue weighted by atomic mass is 35.5. The standard InChI is InChI=1S/C21H22ClN3OS/c1-14-4-3-5-16(12-14)13-19(26)24-8-10-25(11-9-24)21-23-20-15(2)17(22)6-7-18(20)27-21/h3-7,12H,8-11,13H2,1-2H3. The fourth-order valence-corrected chi connectivity index (χ4v) is 4.71. The van der Waals surface area contributed by atoms with Crippen molar-refractivity contribution >= 4 is 44.2 Å². The maximum atomic E-state index is 12.6. The van der Waals surface area contributed by atoms with Crippen molar-refractivity contribution < 1.29 is 4.79 Å². The van der Waals surface area contributed by atoms with Gasteiger partial charge in [-0.15, -0.1) is 0 Å². The van der Waals surface area contributed by atoms with Crippen LogP contribution in [0.25, 0.3) is 10.2 Å². The predicted octanol–water partition coefficient (Wildman–Crippen LogP) is 4.46. The summed E-state index contributed by atoms with van der Waals surface area (Å²) in [4.78, 5) is 21.7. The van der Waals surface area contributed by atoms with Crippen molar-refractivity contribution in [1.29, 1.82) is 0 Å². The summed E-state index contributed by atoms with van der Waals surface area (Å²) in [6.07, 6.45) is 0.473. The number of anilines is 1. The van der Waals surface area contributed by atoms with E-state index in [-0.39, 0.29) is 5.91 Å². The Kier molecular flexibility index (Phi) is 5.06. The second-order valence-electron chi connectivity index (χ2n) is 7.05. The Morgan fingerprint density at radius 1 is 1.15 bits per heavy atom. The molecule has 2 heterocycles. The quantitative estimate of drug-likeness (QED) is 0.652. The number of carbonyl (C=O) groups excluding carboxylic acids is 1. The smallest absolute Gasteiger partial charge is 0.227 e. The van der Waals surface area contributed by atoms with Crippen LogP contribution in [-0.4, -0.2) is 42.0 Å². The van der Waals surface area contributed by atoms with Crippen LogP contribution in [0.3, 0.4) is 0 Å². The molecule has 1 aliphatic rings. The molecule has 1 aromatic heterocycles. The van der Waals surface area contributed by atoms with Gasteiger partial charge >= 0.3 is 0 Å². The number of carbonyl (C=O) groups is 1. The fraction of sp³-hybridized carbons (Fsp3) is 0.333. The van der Waals surface area contributed by atoms with E-state index in [0.717, 1.165) is 57.7 Å². The van der Waals surface area contributed by atoms with E-state index in [1.54, 1.807) is 11.3 Å². The van der Waals surface area contributed by atoms with Gasteiger partial charge in [-0.1, -0.05) is 52.8 Å². The molecule has 0 atom stereocenters. The topological polar surface area (TPSA) is 36.4 Å². The summed E-state index contributed by atoms with van der Waals surface area (Å²) in [6, 6.07) is 12.1. The van der Waals surface area contributed by atoms with E-state index in [1.807, 2.05) is 36.1 Å². The second-order valence-corrected chi connectivity index (χ2v) is 8.47. The maximum Gasteiger partial charge on any atom is 0.227 e. The molecular weight excluding hydrogens is 378 g/mol. The van der Waals surface area contributed by atoms with Crippen LogP contribution in [0.15, 0.2) is 36.4 Å². The minimum Gasteiger partial charge on any atom is -0.345 e. The third kappa shape index (κ3) is 3.80. The Bertz CT molecular complexity index is 992. The molecule has 1 saturated heterocycles. The van der Waals surface area contributed by atoms with Crippen molar-refractivity contribution in [1.82, 2.24) is 9.88 Å². The van der Waals surface area contributed by atoms with E-state index in [4.69, 9.17) is 16.6 Å². The van der Waals surface area contributed by atoms with Gasteiger partial charge in [0.25, 0.3) is 0 Å². The molecule has 1 fully saturated rings. The number of aryl methyl sites for hydroxylation is 2. The number of amides is 1. The molecule has 0 N–H and O–H groups in total. The Balaban J connectivity index is 1.41. The average Bonchev–Trinajstić information content (AvgIpc) is 3.10. The lowest BCUT2D eigenvalue weighted by molar-refractivity contribution is -0.130. The number of rotatable bonds is 3. The Morgan fingerprint density at radius 2 is 1.93 bits per heavy atom. The van der Waals surface area contributed by atoms with Gasteiger partial charge in [0, 0.05) is 31.2 Å². The van der Waals surface area contributed by atoms with E-state index in [9.17, 15) is 4.79 Å². The maximum absolute atomic E-state index is 12.6. The molecule has 0 aliphatic carbocycles. The lowest BCUT2D eigenvalue weighted by Gasteiger charge is -2.34. The van der Waals surface area contributed by atoms with E-state index < -0.39 is 0 Å². The van der Waals surface area contributed by atoms with Gasteiger partial charge in [0.1, 0.15) is 0 Å². The molecule has 6 heteroatoms. The number of thiazole rings is 1. The highest BCUT2D eigenvalue weighted by Crippen LogP contribution is 2.33. The van der Waals surface area contributed by atoms with Gasteiger partial charge in [-0.05, 0) is 37.1 Å². The predicted molar refractivity (Wildman–Crippen MR) is 113 cm³/mol. The van der Waals surface area contributed by atoms with Crippen LogP contribution < -0.4 is 4.90 Å². The molecule has 2 aromatic carbocycles. The monoisotopic (exact) mass is 399 g/mol. The number of fused-ring (bicyclic) bond motifs is 1. The van der Waals surface area contributed by atoms with Crippen molar-refractivity contribution in [3.8, 4) is 0 Å². The van der Waals surface area contributed by atoms with Crippen LogP contribution in [-0.2, 0) is 11.2 Å². The molecule has 27 heavy (non-hydrogen) atoms. The third-order valence-electron chi connectivity index (χ3n) is 5.08. The van der Waals surface area contributed by atoms with E-state index in [2.05, 4.69) is 24.0 Å². The summed E-state index contributed by atoms with van der Waals surface area (Å²) in [5, 5.41) is 1.77. The molecule has 1 aliphatic heterocycles. The molecule has 0 radical (unpaired) electrons. The van der Waals surface area contributed by atoms with Crippen LogP contribution >= 0.6 is 22.9 Å². The summed E-state index contributed by atoms with van der Waals surface area (Å²) in [5.41, 5.74) is 4.29. The van der Waals surface area contributed by atoms with Crippen molar-refractivity contribution in [3.05, 3.63) is 58.1 Å². The van der Waals surface area contributed by atoms with Gasteiger partial charge in [0.15, 0.2) is 5.13 Å². The normalized spacial score (nSPS) is 14.8. The highest BCUT2D eigenvalue weighted by molar-refractivity contribution is 7.22. The summed E-state index contributed by atoms with van der Waals surface area (Å²) in [6.45, 7) is 7.16. The fourth-order valence-electron chi connectivity index (χ4n) is 3.48.